The zero-order chi connectivity index (χ0) is 17.0. The molecule has 0 fully saturated rings. The second-order valence-electron chi connectivity index (χ2n) is 5.03. The van der Waals surface area contributed by atoms with Gasteiger partial charge in [-0.3, -0.25) is 14.9 Å². The predicted octanol–water partition coefficient (Wildman–Crippen LogP) is 3.10. The number of nitrogens with zero attached hydrogens (tertiary/aromatic N) is 1. The number of carbonyl (C=O) groups is 1. The molecule has 2 rings (SSSR count). The Morgan fingerprint density at radius 1 is 1.35 bits per heavy atom. The maximum absolute atomic E-state index is 13.1. The summed E-state index contributed by atoms with van der Waals surface area (Å²) < 4.78 is 13.1. The van der Waals surface area contributed by atoms with E-state index in [1.54, 1.807) is 0 Å². The van der Waals surface area contributed by atoms with Crippen molar-refractivity contribution in [2.24, 2.45) is 0 Å². The number of amides is 1. The average molecular weight is 318 g/mol. The molecule has 2 N–H and O–H groups in total. The van der Waals surface area contributed by atoms with E-state index in [1.807, 2.05) is 0 Å². The summed E-state index contributed by atoms with van der Waals surface area (Å²) in [5, 5.41) is 23.4. The van der Waals surface area contributed by atoms with Crippen molar-refractivity contribution >= 4 is 17.3 Å². The molecule has 0 bridgehead atoms. The SMILES string of the molecule is Cc1c(NC(=O)CC(O)c2cccc(F)c2)cccc1[N+](=O)[O-]. The van der Waals surface area contributed by atoms with Gasteiger partial charge in [-0.2, -0.15) is 0 Å². The van der Waals surface area contributed by atoms with Crippen LogP contribution in [0.5, 0.6) is 0 Å². The van der Waals surface area contributed by atoms with Crippen LogP contribution in [-0.4, -0.2) is 15.9 Å². The Hall–Kier alpha value is -2.80. The van der Waals surface area contributed by atoms with Crippen LogP contribution in [0.4, 0.5) is 15.8 Å². The van der Waals surface area contributed by atoms with Crippen molar-refractivity contribution < 1.29 is 19.2 Å². The second-order valence-corrected chi connectivity index (χ2v) is 5.03. The number of anilines is 1. The van der Waals surface area contributed by atoms with Crippen molar-refractivity contribution in [2.75, 3.05) is 5.32 Å². The first kappa shape index (κ1) is 16.6. The first-order valence-electron chi connectivity index (χ1n) is 6.86. The molecule has 1 atom stereocenters. The lowest BCUT2D eigenvalue weighted by atomic mass is 10.1. The van der Waals surface area contributed by atoms with Gasteiger partial charge in [0.05, 0.1) is 28.7 Å². The van der Waals surface area contributed by atoms with E-state index < -0.39 is 22.8 Å². The fourth-order valence-corrected chi connectivity index (χ4v) is 2.17. The molecule has 0 radical (unpaired) electrons. The number of hydrogen-bond acceptors (Lipinski definition) is 4. The normalized spacial score (nSPS) is 11.8. The van der Waals surface area contributed by atoms with Crippen LogP contribution in [0.1, 0.15) is 23.7 Å². The average Bonchev–Trinajstić information content (AvgIpc) is 2.49. The van der Waals surface area contributed by atoms with Gasteiger partial charge in [0, 0.05) is 6.07 Å². The van der Waals surface area contributed by atoms with Gasteiger partial charge in [0.25, 0.3) is 5.69 Å². The molecule has 120 valence electrons. The lowest BCUT2D eigenvalue weighted by Crippen LogP contribution is -2.16. The molecule has 0 saturated heterocycles. The highest BCUT2D eigenvalue weighted by Crippen LogP contribution is 2.26. The van der Waals surface area contributed by atoms with Gasteiger partial charge >= 0.3 is 0 Å². The second kappa shape index (κ2) is 6.97. The minimum absolute atomic E-state index is 0.103. The molecule has 6 nitrogen and oxygen atoms in total. The summed E-state index contributed by atoms with van der Waals surface area (Å²) >= 11 is 0. The van der Waals surface area contributed by atoms with E-state index in [1.165, 1.54) is 43.3 Å². The number of nitro benzene ring substituents is 1. The van der Waals surface area contributed by atoms with Crippen LogP contribution in [0.15, 0.2) is 42.5 Å². The van der Waals surface area contributed by atoms with Gasteiger partial charge in [0.1, 0.15) is 5.82 Å². The lowest BCUT2D eigenvalue weighted by molar-refractivity contribution is -0.385. The van der Waals surface area contributed by atoms with Crippen molar-refractivity contribution in [3.63, 3.8) is 0 Å². The maximum atomic E-state index is 13.1. The van der Waals surface area contributed by atoms with Crippen molar-refractivity contribution in [2.45, 2.75) is 19.4 Å². The largest absolute Gasteiger partial charge is 0.388 e. The minimum Gasteiger partial charge on any atom is -0.388 e. The van der Waals surface area contributed by atoms with Gasteiger partial charge in [-0.15, -0.1) is 0 Å². The fourth-order valence-electron chi connectivity index (χ4n) is 2.17. The van der Waals surface area contributed by atoms with Gasteiger partial charge in [-0.1, -0.05) is 18.2 Å². The van der Waals surface area contributed by atoms with Gasteiger partial charge in [-0.05, 0) is 30.7 Å². The highest BCUT2D eigenvalue weighted by Gasteiger charge is 2.17. The lowest BCUT2D eigenvalue weighted by Gasteiger charge is -2.12. The van der Waals surface area contributed by atoms with Gasteiger partial charge in [-0.25, -0.2) is 4.39 Å². The van der Waals surface area contributed by atoms with Crippen LogP contribution in [0, 0.1) is 22.9 Å². The minimum atomic E-state index is -1.16. The number of aliphatic hydroxyl groups is 1. The Kier molecular flexibility index (Phi) is 5.02. The van der Waals surface area contributed by atoms with Crippen LogP contribution in [0.2, 0.25) is 0 Å². The molecule has 0 aliphatic heterocycles. The number of benzene rings is 2. The van der Waals surface area contributed by atoms with E-state index in [2.05, 4.69) is 5.32 Å². The Bertz CT molecular complexity index is 749. The standard InChI is InChI=1S/C16H15FN2O4/c1-10-13(6-3-7-14(10)19(22)23)18-16(21)9-15(20)11-4-2-5-12(17)8-11/h2-8,15,20H,9H2,1H3,(H,18,21). The van der Waals surface area contributed by atoms with Crippen LogP contribution < -0.4 is 5.32 Å². The molecule has 0 aliphatic rings. The van der Waals surface area contributed by atoms with E-state index >= 15 is 0 Å². The number of carbonyl (C=O) groups excluding carboxylic acids is 1. The third-order valence-electron chi connectivity index (χ3n) is 3.39. The topological polar surface area (TPSA) is 92.5 Å². The molecule has 1 unspecified atom stereocenters. The monoisotopic (exact) mass is 318 g/mol. The van der Waals surface area contributed by atoms with Crippen molar-refractivity contribution in [3.05, 3.63) is 69.5 Å². The van der Waals surface area contributed by atoms with Gasteiger partial charge in [0.15, 0.2) is 0 Å². The third-order valence-corrected chi connectivity index (χ3v) is 3.39. The summed E-state index contributed by atoms with van der Waals surface area (Å²) in [4.78, 5) is 22.3. The van der Waals surface area contributed by atoms with Gasteiger partial charge in [0.2, 0.25) is 5.91 Å². The summed E-state index contributed by atoms with van der Waals surface area (Å²) in [6, 6.07) is 9.68. The molecule has 23 heavy (non-hydrogen) atoms. The Morgan fingerprint density at radius 3 is 2.70 bits per heavy atom. The Balaban J connectivity index is 2.08. The summed E-state index contributed by atoms with van der Waals surface area (Å²) in [6.45, 7) is 1.52. The van der Waals surface area contributed by atoms with Crippen LogP contribution >= 0.6 is 0 Å². The number of rotatable bonds is 5. The molecule has 0 aromatic heterocycles. The van der Waals surface area contributed by atoms with Crippen molar-refractivity contribution in [1.29, 1.82) is 0 Å². The van der Waals surface area contributed by atoms with Crippen LogP contribution in [0.25, 0.3) is 0 Å². The van der Waals surface area contributed by atoms with Crippen LogP contribution in [0.3, 0.4) is 0 Å². The molecule has 2 aromatic rings. The molecule has 0 spiro atoms. The zero-order valence-electron chi connectivity index (χ0n) is 12.3. The molecule has 7 heteroatoms. The number of aliphatic hydroxyl groups excluding tert-OH is 1. The molecule has 1 amide bonds. The van der Waals surface area contributed by atoms with Crippen molar-refractivity contribution in [1.82, 2.24) is 0 Å². The number of nitro groups is 1. The summed E-state index contributed by atoms with van der Waals surface area (Å²) in [6.07, 6.45) is -1.45. The van der Waals surface area contributed by atoms with E-state index in [-0.39, 0.29) is 17.7 Å². The summed E-state index contributed by atoms with van der Waals surface area (Å²) in [5.74, 6) is -1.03. The zero-order valence-corrected chi connectivity index (χ0v) is 12.3. The number of halogens is 1. The molecule has 0 heterocycles. The third kappa shape index (κ3) is 4.10. The highest BCUT2D eigenvalue weighted by molar-refractivity contribution is 5.92. The quantitative estimate of drug-likeness (QED) is 0.654. The molecular weight excluding hydrogens is 303 g/mol. The van der Waals surface area contributed by atoms with E-state index in [0.29, 0.717) is 11.3 Å². The number of nitrogens with one attached hydrogen (secondary N) is 1. The fraction of sp³-hybridized carbons (Fsp3) is 0.188. The van der Waals surface area contributed by atoms with E-state index in [9.17, 15) is 24.4 Å². The molecular formula is C16H15FN2O4. The first-order valence-corrected chi connectivity index (χ1v) is 6.86. The van der Waals surface area contributed by atoms with Crippen LogP contribution in [-0.2, 0) is 4.79 Å². The predicted molar refractivity (Wildman–Crippen MR) is 82.4 cm³/mol. The highest BCUT2D eigenvalue weighted by atomic mass is 19.1. The first-order chi connectivity index (χ1) is 10.9. The molecule has 0 aliphatic carbocycles. The Labute approximate surface area is 131 Å². The van der Waals surface area contributed by atoms with E-state index in [0.717, 1.165) is 6.07 Å². The molecule has 0 saturated carbocycles. The molecule has 2 aromatic carbocycles. The summed E-state index contributed by atoms with van der Waals surface area (Å²) in [7, 11) is 0. The van der Waals surface area contributed by atoms with E-state index in [4.69, 9.17) is 0 Å². The van der Waals surface area contributed by atoms with Gasteiger partial charge < -0.3 is 10.4 Å². The summed E-state index contributed by atoms with van der Waals surface area (Å²) in [5.41, 5.74) is 0.811. The number of hydrogen-bond donors (Lipinski definition) is 2. The maximum Gasteiger partial charge on any atom is 0.274 e. The Morgan fingerprint density at radius 2 is 2.04 bits per heavy atom. The van der Waals surface area contributed by atoms with Crippen molar-refractivity contribution in [3.8, 4) is 0 Å². The smallest absolute Gasteiger partial charge is 0.274 e.